The van der Waals surface area contributed by atoms with Crippen LogP contribution in [0.25, 0.3) is 16.3 Å². The van der Waals surface area contributed by atoms with Crippen LogP contribution in [0.5, 0.6) is 11.5 Å². The molecule has 0 saturated heterocycles. The smallest absolute Gasteiger partial charge is 0.336 e. The van der Waals surface area contributed by atoms with Crippen LogP contribution in [0.1, 0.15) is 28.4 Å². The minimum atomic E-state index is -0.986. The quantitative estimate of drug-likeness (QED) is 0.441. The minimum absolute atomic E-state index is 0.0433. The third-order valence-corrected chi connectivity index (χ3v) is 6.02. The standard InChI is InChI=1S/C28H23NO5/c1-16(30)33-19-10-13-20-17(14-19)8-11-24-26(21-6-4-5-7-22(21)28(31)32)23-12-9-18(29(2)3)15-25(23)34-27(20)24/h4-15,18H,1-3H3,(H,31,32). The van der Waals surface area contributed by atoms with Crippen molar-refractivity contribution in [2.24, 2.45) is 0 Å². The van der Waals surface area contributed by atoms with Gasteiger partial charge in [0.1, 0.15) is 17.3 Å². The van der Waals surface area contributed by atoms with Crippen LogP contribution >= 0.6 is 0 Å². The zero-order chi connectivity index (χ0) is 24.0. The van der Waals surface area contributed by atoms with Crippen LogP contribution in [-0.2, 0) is 4.79 Å². The number of ether oxygens (including phenoxy) is 2. The van der Waals surface area contributed by atoms with Crippen molar-refractivity contribution >= 4 is 28.3 Å². The van der Waals surface area contributed by atoms with Gasteiger partial charge in [-0.15, -0.1) is 0 Å². The van der Waals surface area contributed by atoms with E-state index >= 15 is 0 Å². The average Bonchev–Trinajstić information content (AvgIpc) is 2.81. The van der Waals surface area contributed by atoms with Crippen molar-refractivity contribution in [3.05, 3.63) is 101 Å². The molecule has 1 aliphatic heterocycles. The SMILES string of the molecule is CC(=O)Oc1ccc2c3c(ccc2c1)C(c1ccccc1C(=O)O)=C1C=CC(N(C)C)C=C1O3. The Balaban J connectivity index is 1.78. The maximum atomic E-state index is 12.1. The molecule has 1 heterocycles. The van der Waals surface area contributed by atoms with Gasteiger partial charge in [0, 0.05) is 35.1 Å². The van der Waals surface area contributed by atoms with Crippen molar-refractivity contribution in [2.75, 3.05) is 14.1 Å². The van der Waals surface area contributed by atoms with Crippen molar-refractivity contribution in [3.63, 3.8) is 0 Å². The van der Waals surface area contributed by atoms with Gasteiger partial charge in [-0.1, -0.05) is 36.4 Å². The van der Waals surface area contributed by atoms with Crippen molar-refractivity contribution < 1.29 is 24.2 Å². The van der Waals surface area contributed by atoms with Crippen LogP contribution in [0.15, 0.2) is 84.2 Å². The Hall–Kier alpha value is -4.16. The van der Waals surface area contributed by atoms with Crippen molar-refractivity contribution in [1.82, 2.24) is 4.90 Å². The predicted octanol–water partition coefficient (Wildman–Crippen LogP) is 5.04. The molecular weight excluding hydrogens is 430 g/mol. The fourth-order valence-electron chi connectivity index (χ4n) is 4.44. The fourth-order valence-corrected chi connectivity index (χ4v) is 4.44. The molecule has 0 saturated carbocycles. The number of likely N-dealkylation sites (N-methyl/N-ethyl adjacent to an activating group) is 1. The van der Waals surface area contributed by atoms with Crippen LogP contribution in [0.4, 0.5) is 0 Å². The van der Waals surface area contributed by atoms with Crippen LogP contribution in [-0.4, -0.2) is 42.1 Å². The monoisotopic (exact) mass is 453 g/mol. The van der Waals surface area contributed by atoms with E-state index in [1.165, 1.54) is 6.92 Å². The number of hydrogen-bond acceptors (Lipinski definition) is 5. The topological polar surface area (TPSA) is 76.1 Å². The van der Waals surface area contributed by atoms with Crippen LogP contribution < -0.4 is 9.47 Å². The second kappa shape index (κ2) is 8.32. The highest BCUT2D eigenvalue weighted by atomic mass is 16.5. The van der Waals surface area contributed by atoms with E-state index < -0.39 is 5.97 Å². The number of carbonyl (C=O) groups excluding carboxylic acids is 1. The molecule has 3 aromatic rings. The summed E-state index contributed by atoms with van der Waals surface area (Å²) in [7, 11) is 3.98. The number of hydrogen-bond donors (Lipinski definition) is 1. The first-order chi connectivity index (χ1) is 16.3. The zero-order valence-electron chi connectivity index (χ0n) is 19.0. The van der Waals surface area contributed by atoms with Crippen molar-refractivity contribution in [1.29, 1.82) is 0 Å². The number of rotatable bonds is 4. The van der Waals surface area contributed by atoms with Gasteiger partial charge in [0.25, 0.3) is 0 Å². The number of nitrogens with zero attached hydrogens (tertiary/aromatic N) is 1. The lowest BCUT2D eigenvalue weighted by Gasteiger charge is -2.31. The number of esters is 1. The van der Waals surface area contributed by atoms with E-state index in [0.29, 0.717) is 22.8 Å². The molecule has 0 aromatic heterocycles. The second-order valence-corrected chi connectivity index (χ2v) is 8.50. The van der Waals surface area contributed by atoms with Gasteiger partial charge in [-0.05, 0) is 61.5 Å². The number of benzene rings is 3. The summed E-state index contributed by atoms with van der Waals surface area (Å²) in [4.78, 5) is 25.5. The lowest BCUT2D eigenvalue weighted by molar-refractivity contribution is -0.131. The normalized spacial score (nSPS) is 16.6. The summed E-state index contributed by atoms with van der Waals surface area (Å²) < 4.78 is 11.7. The summed E-state index contributed by atoms with van der Waals surface area (Å²) in [6.07, 6.45) is 6.11. The molecule has 3 aromatic carbocycles. The average molecular weight is 453 g/mol. The highest BCUT2D eigenvalue weighted by molar-refractivity contribution is 6.04. The molecular formula is C28H23NO5. The third kappa shape index (κ3) is 3.68. The molecule has 1 unspecified atom stereocenters. The molecule has 2 aliphatic rings. The molecule has 1 aliphatic carbocycles. The van der Waals surface area contributed by atoms with E-state index in [1.807, 2.05) is 56.6 Å². The summed E-state index contributed by atoms with van der Waals surface area (Å²) in [5.41, 5.74) is 3.32. The van der Waals surface area contributed by atoms with E-state index in [1.54, 1.807) is 24.3 Å². The number of carboxylic acid groups (broad SMARTS) is 1. The van der Waals surface area contributed by atoms with Gasteiger partial charge >= 0.3 is 11.9 Å². The Kier molecular flexibility index (Phi) is 5.30. The largest absolute Gasteiger partial charge is 0.478 e. The Labute approximate surface area is 197 Å². The summed E-state index contributed by atoms with van der Waals surface area (Å²) in [6, 6.07) is 16.3. The van der Waals surface area contributed by atoms with Gasteiger partial charge in [-0.3, -0.25) is 9.69 Å². The molecule has 5 rings (SSSR count). The van der Waals surface area contributed by atoms with E-state index in [-0.39, 0.29) is 17.6 Å². The molecule has 0 bridgehead atoms. The van der Waals surface area contributed by atoms with Crippen LogP contribution in [0.3, 0.4) is 0 Å². The molecule has 170 valence electrons. The molecule has 0 fully saturated rings. The predicted molar refractivity (Wildman–Crippen MR) is 130 cm³/mol. The fraction of sp³-hybridized carbons (Fsp3) is 0.143. The minimum Gasteiger partial charge on any atom is -0.478 e. The first-order valence-corrected chi connectivity index (χ1v) is 10.9. The van der Waals surface area contributed by atoms with E-state index in [4.69, 9.17) is 9.47 Å². The maximum absolute atomic E-state index is 12.1. The van der Waals surface area contributed by atoms with Gasteiger partial charge in [-0.2, -0.15) is 0 Å². The van der Waals surface area contributed by atoms with Gasteiger partial charge in [0.05, 0.1) is 5.56 Å². The van der Waals surface area contributed by atoms with E-state index in [2.05, 4.69) is 11.0 Å². The summed E-state index contributed by atoms with van der Waals surface area (Å²) in [5, 5.41) is 11.6. The third-order valence-electron chi connectivity index (χ3n) is 6.02. The van der Waals surface area contributed by atoms with Gasteiger partial charge in [0.2, 0.25) is 0 Å². The molecule has 1 atom stereocenters. The first kappa shape index (κ1) is 21.7. The zero-order valence-corrected chi connectivity index (χ0v) is 19.0. The molecule has 1 N–H and O–H groups in total. The number of carboxylic acids is 1. The molecule has 34 heavy (non-hydrogen) atoms. The summed E-state index contributed by atoms with van der Waals surface area (Å²) >= 11 is 0. The maximum Gasteiger partial charge on any atom is 0.336 e. The Morgan fingerprint density at radius 3 is 2.56 bits per heavy atom. The van der Waals surface area contributed by atoms with Crippen molar-refractivity contribution in [3.8, 4) is 11.5 Å². The Bertz CT molecular complexity index is 1440. The van der Waals surface area contributed by atoms with Gasteiger partial charge < -0.3 is 14.6 Å². The second-order valence-electron chi connectivity index (χ2n) is 8.50. The van der Waals surface area contributed by atoms with Gasteiger partial charge in [0.15, 0.2) is 0 Å². The van der Waals surface area contributed by atoms with Crippen LogP contribution in [0.2, 0.25) is 0 Å². The van der Waals surface area contributed by atoms with Crippen molar-refractivity contribution in [2.45, 2.75) is 13.0 Å². The number of aromatic carboxylic acids is 1. The molecule has 6 nitrogen and oxygen atoms in total. The molecule has 0 amide bonds. The number of allylic oxidation sites excluding steroid dienone is 1. The Morgan fingerprint density at radius 2 is 1.82 bits per heavy atom. The molecule has 0 spiro atoms. The lowest BCUT2D eigenvalue weighted by Crippen LogP contribution is -2.27. The summed E-state index contributed by atoms with van der Waals surface area (Å²) in [5.74, 6) is 0.406. The van der Waals surface area contributed by atoms with E-state index in [9.17, 15) is 14.7 Å². The molecule has 6 heteroatoms. The van der Waals surface area contributed by atoms with Gasteiger partial charge in [-0.25, -0.2) is 4.79 Å². The van der Waals surface area contributed by atoms with Crippen LogP contribution in [0, 0.1) is 0 Å². The number of carbonyl (C=O) groups is 2. The number of fused-ring (bicyclic) bond motifs is 4. The Morgan fingerprint density at radius 1 is 1.03 bits per heavy atom. The highest BCUT2D eigenvalue weighted by Crippen LogP contribution is 2.47. The lowest BCUT2D eigenvalue weighted by atomic mass is 9.84. The first-order valence-electron chi connectivity index (χ1n) is 10.9. The highest BCUT2D eigenvalue weighted by Gasteiger charge is 2.30. The summed E-state index contributed by atoms with van der Waals surface area (Å²) in [6.45, 7) is 1.36. The molecule has 0 radical (unpaired) electrons. The van der Waals surface area contributed by atoms with E-state index in [0.717, 1.165) is 27.5 Å².